The Morgan fingerprint density at radius 1 is 0.964 bits per heavy atom. The van der Waals surface area contributed by atoms with Gasteiger partial charge in [-0.2, -0.15) is 0 Å². The zero-order chi connectivity index (χ0) is 19.3. The molecule has 0 bridgehead atoms. The SMILES string of the molecule is CN1CCN(c2onc(-c3ccccc3)c2CNCc2ccccc2F)CC1. The number of piperazine rings is 1. The summed E-state index contributed by atoms with van der Waals surface area (Å²) < 4.78 is 19.7. The largest absolute Gasteiger partial charge is 0.338 e. The lowest BCUT2D eigenvalue weighted by Gasteiger charge is -2.32. The molecule has 0 amide bonds. The van der Waals surface area contributed by atoms with Gasteiger partial charge in [0.15, 0.2) is 0 Å². The molecule has 6 heteroatoms. The summed E-state index contributed by atoms with van der Waals surface area (Å²) in [6.07, 6.45) is 0. The summed E-state index contributed by atoms with van der Waals surface area (Å²) in [5, 5.41) is 7.75. The van der Waals surface area contributed by atoms with Crippen molar-refractivity contribution in [3.05, 3.63) is 71.5 Å². The van der Waals surface area contributed by atoms with Gasteiger partial charge < -0.3 is 19.6 Å². The van der Waals surface area contributed by atoms with Crippen molar-refractivity contribution in [2.45, 2.75) is 13.1 Å². The van der Waals surface area contributed by atoms with Gasteiger partial charge in [0.1, 0.15) is 11.5 Å². The van der Waals surface area contributed by atoms with Crippen molar-refractivity contribution >= 4 is 5.88 Å². The second-order valence-electron chi connectivity index (χ2n) is 7.17. The van der Waals surface area contributed by atoms with E-state index in [0.29, 0.717) is 18.7 Å². The minimum absolute atomic E-state index is 0.192. The standard InChI is InChI=1S/C22H25FN4O/c1-26-11-13-27(14-12-26)22-19(16-24-15-18-9-5-6-10-20(18)23)21(25-28-22)17-7-3-2-4-8-17/h2-10,24H,11-16H2,1H3. The van der Waals surface area contributed by atoms with E-state index in [9.17, 15) is 4.39 Å². The number of hydrogen-bond donors (Lipinski definition) is 1. The number of nitrogens with one attached hydrogen (secondary N) is 1. The molecule has 0 atom stereocenters. The monoisotopic (exact) mass is 380 g/mol. The summed E-state index contributed by atoms with van der Waals surface area (Å²) in [6, 6.07) is 16.9. The third kappa shape index (κ3) is 4.08. The van der Waals surface area contributed by atoms with E-state index in [4.69, 9.17) is 4.52 Å². The fraction of sp³-hybridized carbons (Fsp3) is 0.318. The molecular weight excluding hydrogens is 355 g/mol. The van der Waals surface area contributed by atoms with Crippen molar-refractivity contribution in [2.24, 2.45) is 0 Å². The minimum Gasteiger partial charge on any atom is -0.338 e. The van der Waals surface area contributed by atoms with Gasteiger partial charge in [-0.3, -0.25) is 0 Å². The smallest absolute Gasteiger partial charge is 0.232 e. The molecule has 0 saturated carbocycles. The second kappa shape index (κ2) is 8.54. The predicted octanol–water partition coefficient (Wildman–Crippen LogP) is 3.52. The molecule has 3 aromatic rings. The highest BCUT2D eigenvalue weighted by Gasteiger charge is 2.24. The van der Waals surface area contributed by atoms with Crippen LogP contribution in [-0.4, -0.2) is 43.3 Å². The van der Waals surface area contributed by atoms with Gasteiger partial charge in [0.25, 0.3) is 0 Å². The van der Waals surface area contributed by atoms with Crippen LogP contribution in [0.3, 0.4) is 0 Å². The van der Waals surface area contributed by atoms with Crippen LogP contribution >= 0.6 is 0 Å². The van der Waals surface area contributed by atoms with E-state index in [0.717, 1.165) is 48.9 Å². The first-order valence-electron chi connectivity index (χ1n) is 9.64. The summed E-state index contributed by atoms with van der Waals surface area (Å²) in [5.41, 5.74) is 3.54. The Morgan fingerprint density at radius 3 is 2.43 bits per heavy atom. The van der Waals surface area contributed by atoms with Crippen LogP contribution in [0.25, 0.3) is 11.3 Å². The average molecular weight is 380 g/mol. The topological polar surface area (TPSA) is 44.5 Å². The molecule has 0 radical (unpaired) electrons. The number of halogens is 1. The lowest BCUT2D eigenvalue weighted by Crippen LogP contribution is -2.44. The molecule has 146 valence electrons. The summed E-state index contributed by atoms with van der Waals surface area (Å²) in [6.45, 7) is 4.80. The zero-order valence-electron chi connectivity index (χ0n) is 16.1. The summed E-state index contributed by atoms with van der Waals surface area (Å²) in [4.78, 5) is 4.56. The molecule has 2 aromatic carbocycles. The molecule has 2 heterocycles. The van der Waals surface area contributed by atoms with Crippen LogP contribution in [0, 0.1) is 5.82 Å². The average Bonchev–Trinajstić information content (AvgIpc) is 3.14. The van der Waals surface area contributed by atoms with Gasteiger partial charge in [0.2, 0.25) is 5.88 Å². The van der Waals surface area contributed by atoms with E-state index < -0.39 is 0 Å². The number of anilines is 1. The fourth-order valence-electron chi connectivity index (χ4n) is 3.50. The fourth-order valence-corrected chi connectivity index (χ4v) is 3.50. The van der Waals surface area contributed by atoms with Crippen molar-refractivity contribution in [1.82, 2.24) is 15.4 Å². The molecule has 0 spiro atoms. The molecule has 1 aliphatic heterocycles. The van der Waals surface area contributed by atoms with Crippen LogP contribution in [0.2, 0.25) is 0 Å². The number of aromatic nitrogens is 1. The van der Waals surface area contributed by atoms with Gasteiger partial charge in [0, 0.05) is 50.4 Å². The number of likely N-dealkylation sites (N-methyl/N-ethyl adjacent to an activating group) is 1. The van der Waals surface area contributed by atoms with E-state index in [1.54, 1.807) is 12.1 Å². The number of nitrogens with zero attached hydrogens (tertiary/aromatic N) is 3. The summed E-state index contributed by atoms with van der Waals surface area (Å²) in [7, 11) is 2.13. The summed E-state index contributed by atoms with van der Waals surface area (Å²) in [5.74, 6) is 0.621. The first kappa shape index (κ1) is 18.7. The Labute approximate surface area is 164 Å². The molecule has 4 rings (SSSR count). The Bertz CT molecular complexity index is 904. The lowest BCUT2D eigenvalue weighted by atomic mass is 10.1. The van der Waals surface area contributed by atoms with Gasteiger partial charge >= 0.3 is 0 Å². The Hall–Kier alpha value is -2.70. The predicted molar refractivity (Wildman–Crippen MR) is 109 cm³/mol. The Morgan fingerprint density at radius 2 is 1.68 bits per heavy atom. The molecule has 5 nitrogen and oxygen atoms in total. The van der Waals surface area contributed by atoms with Crippen LogP contribution in [0.5, 0.6) is 0 Å². The Balaban J connectivity index is 1.57. The first-order valence-corrected chi connectivity index (χ1v) is 9.64. The lowest BCUT2D eigenvalue weighted by molar-refractivity contribution is 0.300. The molecule has 28 heavy (non-hydrogen) atoms. The van der Waals surface area contributed by atoms with Crippen LogP contribution in [0.4, 0.5) is 10.3 Å². The maximum Gasteiger partial charge on any atom is 0.232 e. The van der Waals surface area contributed by atoms with Crippen molar-refractivity contribution in [3.63, 3.8) is 0 Å². The van der Waals surface area contributed by atoms with Crippen LogP contribution in [-0.2, 0) is 13.1 Å². The molecule has 1 aliphatic rings. The molecule has 0 unspecified atom stereocenters. The number of hydrogen-bond acceptors (Lipinski definition) is 5. The van der Waals surface area contributed by atoms with Crippen molar-refractivity contribution in [3.8, 4) is 11.3 Å². The number of rotatable bonds is 6. The molecule has 1 fully saturated rings. The molecule has 1 saturated heterocycles. The third-order valence-corrected chi connectivity index (χ3v) is 5.18. The van der Waals surface area contributed by atoms with Gasteiger partial charge in [-0.25, -0.2) is 4.39 Å². The molecule has 1 aromatic heterocycles. The maximum atomic E-state index is 13.9. The zero-order valence-corrected chi connectivity index (χ0v) is 16.1. The molecule has 0 aliphatic carbocycles. The third-order valence-electron chi connectivity index (χ3n) is 5.18. The van der Waals surface area contributed by atoms with E-state index in [2.05, 4.69) is 27.3 Å². The van der Waals surface area contributed by atoms with E-state index >= 15 is 0 Å². The van der Waals surface area contributed by atoms with Crippen molar-refractivity contribution in [2.75, 3.05) is 38.1 Å². The summed E-state index contributed by atoms with van der Waals surface area (Å²) >= 11 is 0. The highest BCUT2D eigenvalue weighted by Crippen LogP contribution is 2.31. The first-order chi connectivity index (χ1) is 13.7. The van der Waals surface area contributed by atoms with Crippen molar-refractivity contribution < 1.29 is 8.91 Å². The quantitative estimate of drug-likeness (QED) is 0.709. The highest BCUT2D eigenvalue weighted by atomic mass is 19.1. The van der Waals surface area contributed by atoms with Crippen LogP contribution in [0.15, 0.2) is 59.1 Å². The molecular formula is C22H25FN4O. The van der Waals surface area contributed by atoms with Gasteiger partial charge in [-0.05, 0) is 13.1 Å². The van der Waals surface area contributed by atoms with E-state index in [-0.39, 0.29) is 5.82 Å². The Kier molecular flexibility index (Phi) is 5.69. The van der Waals surface area contributed by atoms with Gasteiger partial charge in [-0.15, -0.1) is 0 Å². The van der Waals surface area contributed by atoms with Crippen molar-refractivity contribution in [1.29, 1.82) is 0 Å². The molecule has 1 N–H and O–H groups in total. The van der Waals surface area contributed by atoms with E-state index in [1.807, 2.05) is 36.4 Å². The van der Waals surface area contributed by atoms with Crippen LogP contribution in [0.1, 0.15) is 11.1 Å². The minimum atomic E-state index is -0.192. The van der Waals surface area contributed by atoms with E-state index in [1.165, 1.54) is 6.07 Å². The normalized spacial score (nSPS) is 15.1. The van der Waals surface area contributed by atoms with Gasteiger partial charge in [-0.1, -0.05) is 53.7 Å². The van der Waals surface area contributed by atoms with Gasteiger partial charge in [0.05, 0.1) is 5.56 Å². The highest BCUT2D eigenvalue weighted by molar-refractivity contribution is 5.68. The number of benzene rings is 2. The van der Waals surface area contributed by atoms with Crippen LogP contribution < -0.4 is 10.2 Å². The second-order valence-corrected chi connectivity index (χ2v) is 7.17. The maximum absolute atomic E-state index is 13.9.